The molecule has 2 heterocycles. The molecule has 0 atom stereocenters. The minimum Gasteiger partial charge on any atom is -0.384 e. The lowest BCUT2D eigenvalue weighted by Gasteiger charge is -2.39. The van der Waals surface area contributed by atoms with Gasteiger partial charge < -0.3 is 5.11 Å². The zero-order chi connectivity index (χ0) is 22.3. The second kappa shape index (κ2) is 7.93. The molecular formula is C21H15Cl2FN4O3. The van der Waals surface area contributed by atoms with Crippen molar-refractivity contribution in [3.63, 3.8) is 0 Å². The van der Waals surface area contributed by atoms with E-state index in [-0.39, 0.29) is 32.6 Å². The summed E-state index contributed by atoms with van der Waals surface area (Å²) in [5.41, 5.74) is -2.78. The normalized spacial score (nSPS) is 14.7. The van der Waals surface area contributed by atoms with E-state index in [1.807, 2.05) is 6.07 Å². The highest BCUT2D eigenvalue weighted by Gasteiger charge is 2.42. The van der Waals surface area contributed by atoms with Gasteiger partial charge in [-0.15, -0.1) is 0 Å². The van der Waals surface area contributed by atoms with Crippen LogP contribution < -0.4 is 11.2 Å². The smallest absolute Gasteiger partial charge is 0.336 e. The maximum Gasteiger partial charge on any atom is 0.336 e. The third-order valence-electron chi connectivity index (χ3n) is 5.35. The number of pyridine rings is 1. The lowest BCUT2D eigenvalue weighted by atomic mass is 9.75. The van der Waals surface area contributed by atoms with Crippen molar-refractivity contribution in [1.82, 2.24) is 14.1 Å². The summed E-state index contributed by atoms with van der Waals surface area (Å²) in [7, 11) is 0. The Kier molecular flexibility index (Phi) is 5.43. The number of nitriles is 1. The molecule has 1 aliphatic rings. The molecule has 3 aromatic rings. The van der Waals surface area contributed by atoms with Gasteiger partial charge in [0.25, 0.3) is 5.56 Å². The number of hydrogen-bond donors (Lipinski definition) is 1. The van der Waals surface area contributed by atoms with Crippen LogP contribution in [-0.2, 0) is 12.1 Å². The summed E-state index contributed by atoms with van der Waals surface area (Å²) in [6.07, 6.45) is 3.92. The van der Waals surface area contributed by atoms with E-state index in [4.69, 9.17) is 23.2 Å². The van der Waals surface area contributed by atoms with Crippen molar-refractivity contribution in [2.24, 2.45) is 0 Å². The standard InChI is InChI=1S/C21H15Cl2FN4O3/c22-13-9-14(11-26-10-13)28-19(29)17(12-2-3-16(24)15(23)8-12)18(21(31)4-1-5-21)27(7-6-25)20(28)30/h2-3,8-11,31H,1,4-5,7H2. The molecular weight excluding hydrogens is 446 g/mol. The van der Waals surface area contributed by atoms with Crippen LogP contribution in [0, 0.1) is 17.1 Å². The highest BCUT2D eigenvalue weighted by molar-refractivity contribution is 6.31. The van der Waals surface area contributed by atoms with Gasteiger partial charge in [0.2, 0.25) is 0 Å². The first-order chi connectivity index (χ1) is 14.8. The lowest BCUT2D eigenvalue weighted by Crippen LogP contribution is -2.48. The topological polar surface area (TPSA) is 101 Å². The van der Waals surface area contributed by atoms with Gasteiger partial charge in [-0.25, -0.2) is 13.8 Å². The Bertz CT molecular complexity index is 1360. The first kappa shape index (κ1) is 21.2. The van der Waals surface area contributed by atoms with Crippen LogP contribution in [0.15, 0.2) is 46.2 Å². The van der Waals surface area contributed by atoms with Gasteiger partial charge in [0, 0.05) is 6.20 Å². The van der Waals surface area contributed by atoms with Gasteiger partial charge in [-0.1, -0.05) is 29.3 Å². The molecule has 10 heteroatoms. The molecule has 0 amide bonds. The lowest BCUT2D eigenvalue weighted by molar-refractivity contribution is -0.0457. The van der Waals surface area contributed by atoms with Gasteiger partial charge in [-0.05, 0) is 43.0 Å². The number of aromatic nitrogens is 3. The molecule has 1 aromatic carbocycles. The van der Waals surface area contributed by atoms with Crippen molar-refractivity contribution in [2.75, 3.05) is 0 Å². The van der Waals surface area contributed by atoms with Crippen molar-refractivity contribution in [3.8, 4) is 22.9 Å². The first-order valence-electron chi connectivity index (χ1n) is 9.33. The molecule has 0 bridgehead atoms. The van der Waals surface area contributed by atoms with Crippen molar-refractivity contribution in [2.45, 2.75) is 31.4 Å². The fraction of sp³-hybridized carbons (Fsp3) is 0.238. The molecule has 1 saturated carbocycles. The zero-order valence-corrected chi connectivity index (χ0v) is 17.5. The SMILES string of the molecule is N#CCn1c(C2(O)CCC2)c(-c2ccc(F)c(Cl)c2)c(=O)n(-c2cncc(Cl)c2)c1=O. The largest absolute Gasteiger partial charge is 0.384 e. The van der Waals surface area contributed by atoms with Gasteiger partial charge >= 0.3 is 5.69 Å². The second-order valence-electron chi connectivity index (χ2n) is 7.27. The molecule has 0 spiro atoms. The van der Waals surface area contributed by atoms with E-state index in [0.29, 0.717) is 19.3 Å². The van der Waals surface area contributed by atoms with Crippen LogP contribution in [0.3, 0.4) is 0 Å². The third kappa shape index (κ3) is 3.55. The number of aliphatic hydroxyl groups is 1. The van der Waals surface area contributed by atoms with E-state index in [0.717, 1.165) is 15.2 Å². The Balaban J connectivity index is 2.17. The summed E-state index contributed by atoms with van der Waals surface area (Å²) in [5, 5.41) is 20.5. The molecule has 0 aliphatic heterocycles. The Morgan fingerprint density at radius 3 is 2.55 bits per heavy atom. The predicted molar refractivity (Wildman–Crippen MR) is 113 cm³/mol. The summed E-state index contributed by atoms with van der Waals surface area (Å²) < 4.78 is 15.7. The summed E-state index contributed by atoms with van der Waals surface area (Å²) in [6.45, 7) is -0.410. The van der Waals surface area contributed by atoms with Crippen LogP contribution in [0.1, 0.15) is 25.0 Å². The van der Waals surface area contributed by atoms with Gasteiger partial charge in [0.15, 0.2) is 0 Å². The molecule has 0 unspecified atom stereocenters. The highest BCUT2D eigenvalue weighted by atomic mass is 35.5. The van der Waals surface area contributed by atoms with Gasteiger partial charge in [0.05, 0.1) is 39.3 Å². The Hall–Kier alpha value is -2.99. The monoisotopic (exact) mass is 460 g/mol. The predicted octanol–water partition coefficient (Wildman–Crippen LogP) is 3.40. The number of hydrogen-bond acceptors (Lipinski definition) is 5. The number of nitrogens with zero attached hydrogens (tertiary/aromatic N) is 4. The molecule has 7 nitrogen and oxygen atoms in total. The Morgan fingerprint density at radius 1 is 1.23 bits per heavy atom. The summed E-state index contributed by atoms with van der Waals surface area (Å²) in [4.78, 5) is 30.8. The maximum atomic E-state index is 13.8. The molecule has 0 saturated heterocycles. The fourth-order valence-electron chi connectivity index (χ4n) is 3.76. The summed E-state index contributed by atoms with van der Waals surface area (Å²) in [5.74, 6) is -0.681. The Morgan fingerprint density at radius 2 is 1.97 bits per heavy atom. The van der Waals surface area contributed by atoms with Crippen LogP contribution in [0.5, 0.6) is 0 Å². The number of rotatable bonds is 4. The van der Waals surface area contributed by atoms with Gasteiger partial charge in [0.1, 0.15) is 18.0 Å². The van der Waals surface area contributed by atoms with Crippen molar-refractivity contribution < 1.29 is 9.50 Å². The molecule has 1 aliphatic carbocycles. The van der Waals surface area contributed by atoms with Crippen LogP contribution >= 0.6 is 23.2 Å². The van der Waals surface area contributed by atoms with Crippen LogP contribution in [0.25, 0.3) is 16.8 Å². The van der Waals surface area contributed by atoms with E-state index < -0.39 is 29.2 Å². The van der Waals surface area contributed by atoms with E-state index in [2.05, 4.69) is 4.98 Å². The van der Waals surface area contributed by atoms with Crippen molar-refractivity contribution in [3.05, 3.63) is 79.1 Å². The summed E-state index contributed by atoms with van der Waals surface area (Å²) in [6, 6.07) is 6.97. The minimum absolute atomic E-state index is 0.0178. The second-order valence-corrected chi connectivity index (χ2v) is 8.11. The van der Waals surface area contributed by atoms with E-state index in [1.165, 1.54) is 30.6 Å². The average molecular weight is 461 g/mol. The van der Waals surface area contributed by atoms with Gasteiger partial charge in [-0.2, -0.15) is 5.26 Å². The molecule has 0 radical (unpaired) electrons. The molecule has 2 aromatic heterocycles. The zero-order valence-electron chi connectivity index (χ0n) is 16.0. The average Bonchev–Trinajstić information content (AvgIpc) is 2.70. The van der Waals surface area contributed by atoms with Crippen molar-refractivity contribution >= 4 is 23.2 Å². The van der Waals surface area contributed by atoms with Crippen LogP contribution in [-0.4, -0.2) is 19.2 Å². The van der Waals surface area contributed by atoms with Crippen LogP contribution in [0.2, 0.25) is 10.0 Å². The Labute approximate surface area is 185 Å². The number of halogens is 3. The minimum atomic E-state index is -1.48. The van der Waals surface area contributed by atoms with Gasteiger partial charge in [-0.3, -0.25) is 14.3 Å². The van der Waals surface area contributed by atoms with E-state index in [1.54, 1.807) is 0 Å². The summed E-state index contributed by atoms with van der Waals surface area (Å²) >= 11 is 11.9. The van der Waals surface area contributed by atoms with E-state index >= 15 is 0 Å². The highest BCUT2D eigenvalue weighted by Crippen LogP contribution is 2.44. The maximum absolute atomic E-state index is 13.8. The van der Waals surface area contributed by atoms with Crippen LogP contribution in [0.4, 0.5) is 4.39 Å². The molecule has 1 N–H and O–H groups in total. The molecule has 31 heavy (non-hydrogen) atoms. The third-order valence-corrected chi connectivity index (χ3v) is 5.85. The quantitative estimate of drug-likeness (QED) is 0.642. The molecule has 158 valence electrons. The first-order valence-corrected chi connectivity index (χ1v) is 10.1. The van der Waals surface area contributed by atoms with Crippen molar-refractivity contribution in [1.29, 1.82) is 5.26 Å². The van der Waals surface area contributed by atoms with E-state index in [9.17, 15) is 24.3 Å². The fourth-order valence-corrected chi connectivity index (χ4v) is 4.11. The molecule has 1 fully saturated rings. The number of benzene rings is 1. The molecule has 4 rings (SSSR count).